The Balaban J connectivity index is 1.49. The van der Waals surface area contributed by atoms with E-state index in [-0.39, 0.29) is 11.3 Å². The molecule has 0 radical (unpaired) electrons. The van der Waals surface area contributed by atoms with Gasteiger partial charge in [0.15, 0.2) is 0 Å². The molecule has 8 heteroatoms. The summed E-state index contributed by atoms with van der Waals surface area (Å²) in [4.78, 5) is 15.4. The number of para-hydroxylation sites is 1. The number of hydrogen-bond donors (Lipinski definition) is 1. The second kappa shape index (κ2) is 10.2. The van der Waals surface area contributed by atoms with Crippen molar-refractivity contribution in [3.8, 4) is 0 Å². The van der Waals surface area contributed by atoms with Crippen molar-refractivity contribution in [3.63, 3.8) is 0 Å². The average molecular weight is 526 g/mol. The molecule has 0 spiro atoms. The number of sulfonamides is 1. The number of benzene rings is 3. The van der Waals surface area contributed by atoms with Gasteiger partial charge in [-0.15, -0.1) is 0 Å². The molecule has 1 amide bonds. The van der Waals surface area contributed by atoms with Crippen LogP contribution in [0.15, 0.2) is 71.6 Å². The van der Waals surface area contributed by atoms with Crippen LogP contribution in [-0.4, -0.2) is 44.8 Å². The lowest BCUT2D eigenvalue weighted by molar-refractivity contribution is 0.102. The first-order chi connectivity index (χ1) is 17.0. The monoisotopic (exact) mass is 525 g/mol. The maximum Gasteiger partial charge on any atom is 0.255 e. The number of aryl methyl sites for hydroxylation is 1. The van der Waals surface area contributed by atoms with Crippen molar-refractivity contribution in [1.29, 1.82) is 0 Å². The highest BCUT2D eigenvalue weighted by Gasteiger charge is 2.30. The molecular formula is C28H32ClN3O3S. The summed E-state index contributed by atoms with van der Waals surface area (Å²) in [5.74, 6) is -0.223. The number of nitrogens with zero attached hydrogens (tertiary/aromatic N) is 2. The fourth-order valence-electron chi connectivity index (χ4n) is 4.27. The Hall–Kier alpha value is -2.87. The highest BCUT2D eigenvalue weighted by Crippen LogP contribution is 2.35. The summed E-state index contributed by atoms with van der Waals surface area (Å²) in [7, 11) is -3.57. The van der Waals surface area contributed by atoms with Gasteiger partial charge >= 0.3 is 0 Å². The number of halogens is 1. The zero-order valence-electron chi connectivity index (χ0n) is 21.1. The molecule has 6 nitrogen and oxygen atoms in total. The lowest BCUT2D eigenvalue weighted by Gasteiger charge is -2.36. The van der Waals surface area contributed by atoms with Gasteiger partial charge in [0, 0.05) is 31.7 Å². The zero-order chi connectivity index (χ0) is 26.1. The fraction of sp³-hybridized carbons (Fsp3) is 0.321. The van der Waals surface area contributed by atoms with Crippen molar-refractivity contribution in [2.75, 3.05) is 36.4 Å². The van der Waals surface area contributed by atoms with Crippen LogP contribution in [0.5, 0.6) is 0 Å². The van der Waals surface area contributed by atoms with Gasteiger partial charge in [0.25, 0.3) is 5.91 Å². The van der Waals surface area contributed by atoms with E-state index >= 15 is 0 Å². The van der Waals surface area contributed by atoms with Crippen molar-refractivity contribution in [3.05, 3.63) is 88.4 Å². The molecule has 1 aliphatic rings. The van der Waals surface area contributed by atoms with Gasteiger partial charge in [0.1, 0.15) is 0 Å². The molecule has 0 saturated carbocycles. The number of amides is 1. The van der Waals surface area contributed by atoms with E-state index in [4.69, 9.17) is 11.6 Å². The summed E-state index contributed by atoms with van der Waals surface area (Å²) in [6, 6.07) is 19.9. The first-order valence-corrected chi connectivity index (χ1v) is 13.8. The molecule has 1 N–H and O–H groups in total. The van der Waals surface area contributed by atoms with E-state index in [0.29, 0.717) is 53.0 Å². The smallest absolute Gasteiger partial charge is 0.255 e. The zero-order valence-corrected chi connectivity index (χ0v) is 22.7. The van der Waals surface area contributed by atoms with Gasteiger partial charge in [0.05, 0.1) is 21.3 Å². The van der Waals surface area contributed by atoms with E-state index in [9.17, 15) is 13.2 Å². The van der Waals surface area contributed by atoms with Gasteiger partial charge in [-0.25, -0.2) is 8.42 Å². The summed E-state index contributed by atoms with van der Waals surface area (Å²) >= 11 is 6.58. The van der Waals surface area contributed by atoms with Gasteiger partial charge in [-0.05, 0) is 54.3 Å². The number of piperazine rings is 1. The van der Waals surface area contributed by atoms with Gasteiger partial charge in [-0.1, -0.05) is 68.3 Å². The third kappa shape index (κ3) is 5.59. The molecule has 1 saturated heterocycles. The van der Waals surface area contributed by atoms with Gasteiger partial charge in [-0.3, -0.25) is 4.79 Å². The quantitative estimate of drug-likeness (QED) is 0.463. The highest BCUT2D eigenvalue weighted by molar-refractivity contribution is 7.89. The van der Waals surface area contributed by atoms with Crippen LogP contribution in [0.2, 0.25) is 5.02 Å². The molecule has 0 unspecified atom stereocenters. The van der Waals surface area contributed by atoms with E-state index in [1.165, 1.54) is 4.31 Å². The second-order valence-corrected chi connectivity index (χ2v) is 12.5. The largest absolute Gasteiger partial charge is 0.366 e. The molecule has 3 aromatic carbocycles. The molecule has 0 aromatic heterocycles. The van der Waals surface area contributed by atoms with Crippen LogP contribution in [0.4, 0.5) is 11.4 Å². The molecule has 0 aliphatic carbocycles. The van der Waals surface area contributed by atoms with Crippen LogP contribution < -0.4 is 10.2 Å². The Labute approximate surface area is 218 Å². The van der Waals surface area contributed by atoms with Crippen molar-refractivity contribution in [1.82, 2.24) is 4.31 Å². The molecule has 1 heterocycles. The number of carbonyl (C=O) groups excluding carboxylic acids is 1. The van der Waals surface area contributed by atoms with Crippen LogP contribution >= 0.6 is 11.6 Å². The highest BCUT2D eigenvalue weighted by atomic mass is 35.5. The summed E-state index contributed by atoms with van der Waals surface area (Å²) in [6.07, 6.45) is 0. The van der Waals surface area contributed by atoms with Crippen LogP contribution in [0.1, 0.15) is 42.3 Å². The predicted molar refractivity (Wildman–Crippen MR) is 147 cm³/mol. The maximum atomic E-state index is 13.1. The molecule has 1 aliphatic heterocycles. The van der Waals surface area contributed by atoms with E-state index in [1.54, 1.807) is 36.4 Å². The molecule has 36 heavy (non-hydrogen) atoms. The topological polar surface area (TPSA) is 69.7 Å². The van der Waals surface area contributed by atoms with Gasteiger partial charge < -0.3 is 10.2 Å². The minimum absolute atomic E-state index is 0.00418. The van der Waals surface area contributed by atoms with Gasteiger partial charge in [-0.2, -0.15) is 4.31 Å². The number of anilines is 2. The Morgan fingerprint density at radius 2 is 1.50 bits per heavy atom. The van der Waals surface area contributed by atoms with Crippen LogP contribution in [0.25, 0.3) is 0 Å². The van der Waals surface area contributed by atoms with E-state index < -0.39 is 10.0 Å². The standard InChI is InChI=1S/C28H32ClN3O3S/c1-20-8-14-23(15-9-20)36(34,35)32-18-16-31(17-19-32)26-24(29)6-5-7-25(26)30-27(33)21-10-12-22(13-11-21)28(2,3)4/h5-15H,16-19H2,1-4H3,(H,30,33). The SMILES string of the molecule is Cc1ccc(S(=O)(=O)N2CCN(c3c(Cl)cccc3NC(=O)c3ccc(C(C)(C)C)cc3)CC2)cc1. The molecule has 0 atom stereocenters. The van der Waals surface area contributed by atoms with Crippen molar-refractivity contribution >= 4 is 38.9 Å². The third-order valence-electron chi connectivity index (χ3n) is 6.46. The minimum atomic E-state index is -3.57. The first-order valence-electron chi connectivity index (χ1n) is 12.0. The van der Waals surface area contributed by atoms with E-state index in [2.05, 4.69) is 26.1 Å². The molecule has 1 fully saturated rings. The number of carbonyl (C=O) groups is 1. The Morgan fingerprint density at radius 3 is 2.08 bits per heavy atom. The molecule has 4 rings (SSSR count). The minimum Gasteiger partial charge on any atom is -0.366 e. The summed E-state index contributed by atoms with van der Waals surface area (Å²) < 4.78 is 27.7. The molecule has 190 valence electrons. The summed E-state index contributed by atoms with van der Waals surface area (Å²) in [5, 5.41) is 3.50. The van der Waals surface area contributed by atoms with Crippen molar-refractivity contribution in [2.45, 2.75) is 38.0 Å². The van der Waals surface area contributed by atoms with Crippen LogP contribution in [-0.2, 0) is 15.4 Å². The van der Waals surface area contributed by atoms with E-state index in [0.717, 1.165) is 11.1 Å². The Morgan fingerprint density at radius 1 is 0.889 bits per heavy atom. The van der Waals surface area contributed by atoms with Crippen LogP contribution in [0.3, 0.4) is 0 Å². The fourth-order valence-corrected chi connectivity index (χ4v) is 5.98. The first kappa shape index (κ1) is 26.2. The molecule has 3 aromatic rings. The van der Waals surface area contributed by atoms with Crippen LogP contribution in [0, 0.1) is 6.92 Å². The number of rotatable bonds is 5. The Bertz CT molecular complexity index is 1340. The lowest BCUT2D eigenvalue weighted by atomic mass is 9.87. The predicted octanol–water partition coefficient (Wildman–Crippen LogP) is 5.71. The summed E-state index contributed by atoms with van der Waals surface area (Å²) in [6.45, 7) is 9.88. The van der Waals surface area contributed by atoms with Crippen molar-refractivity contribution < 1.29 is 13.2 Å². The van der Waals surface area contributed by atoms with E-state index in [1.807, 2.05) is 42.2 Å². The number of hydrogen-bond acceptors (Lipinski definition) is 4. The molecule has 0 bridgehead atoms. The number of nitrogens with one attached hydrogen (secondary N) is 1. The third-order valence-corrected chi connectivity index (χ3v) is 8.68. The van der Waals surface area contributed by atoms with Gasteiger partial charge in [0.2, 0.25) is 10.0 Å². The normalized spacial score (nSPS) is 15.1. The maximum absolute atomic E-state index is 13.1. The summed E-state index contributed by atoms with van der Waals surface area (Å²) in [5.41, 5.74) is 4.03. The Kier molecular flexibility index (Phi) is 7.46. The second-order valence-electron chi connectivity index (χ2n) is 10.1. The van der Waals surface area contributed by atoms with Crippen molar-refractivity contribution in [2.24, 2.45) is 0 Å². The average Bonchev–Trinajstić information content (AvgIpc) is 2.84. The lowest BCUT2D eigenvalue weighted by Crippen LogP contribution is -2.49. The molecular weight excluding hydrogens is 494 g/mol.